The van der Waals surface area contributed by atoms with Gasteiger partial charge in [0.1, 0.15) is 31.1 Å². The van der Waals surface area contributed by atoms with Crippen LogP contribution in [0, 0.1) is 12.3 Å². The van der Waals surface area contributed by atoms with Gasteiger partial charge in [-0.3, -0.25) is 19.2 Å². The van der Waals surface area contributed by atoms with Crippen LogP contribution in [0.5, 0.6) is 0 Å². The normalized spacial score (nSPS) is 19.4. The van der Waals surface area contributed by atoms with Crippen LogP contribution in [-0.4, -0.2) is 77.8 Å². The Hall–Kier alpha value is -3.64. The number of aryl methyl sites for hydroxylation is 1. The summed E-state index contributed by atoms with van der Waals surface area (Å²) in [5, 5.41) is 6.01. The molecule has 2 aromatic rings. The number of thiazole rings is 1. The van der Waals surface area contributed by atoms with E-state index in [4.69, 9.17) is 9.47 Å². The van der Waals surface area contributed by atoms with Gasteiger partial charge in [0.2, 0.25) is 17.7 Å². The Morgan fingerprint density at radius 3 is 2.44 bits per heavy atom. The molecule has 11 nitrogen and oxygen atoms in total. The standard InChI is InChI=1S/C33H44N4O7S/c1-21-28(45-20-34-21)23-9-11-24(12-10-23)33(13-14-33)36-30(41)26-17-25(44-22(2)39)18-37(26)31(42)29(32(3,4)5)35-27(40)19-43-16-8-6-7-15-38/h9-12,15,20,25-26,29H,6-8,13-14,16-19H2,1-5H3,(H,35,40)(H,36,41)/t25-,26?,29-/m1/s1. The number of nitrogens with one attached hydrogen (secondary N) is 2. The van der Waals surface area contributed by atoms with Gasteiger partial charge < -0.3 is 29.8 Å². The summed E-state index contributed by atoms with van der Waals surface area (Å²) in [6.07, 6.45) is 3.65. The first kappa shape index (κ1) is 34.2. The molecule has 2 fully saturated rings. The summed E-state index contributed by atoms with van der Waals surface area (Å²) in [6, 6.07) is 6.29. The summed E-state index contributed by atoms with van der Waals surface area (Å²) in [6.45, 7) is 8.91. The average molecular weight is 641 g/mol. The number of benzene rings is 1. The van der Waals surface area contributed by atoms with E-state index in [2.05, 4.69) is 15.6 Å². The van der Waals surface area contributed by atoms with Gasteiger partial charge in [-0.15, -0.1) is 11.3 Å². The molecule has 45 heavy (non-hydrogen) atoms. The topological polar surface area (TPSA) is 144 Å². The molecule has 1 aromatic carbocycles. The van der Waals surface area contributed by atoms with Crippen molar-refractivity contribution < 1.29 is 33.4 Å². The summed E-state index contributed by atoms with van der Waals surface area (Å²) < 4.78 is 10.9. The van der Waals surface area contributed by atoms with E-state index in [0.29, 0.717) is 25.9 Å². The lowest BCUT2D eigenvalue weighted by Crippen LogP contribution is -2.58. The predicted octanol–water partition coefficient (Wildman–Crippen LogP) is 3.67. The first-order valence-corrected chi connectivity index (χ1v) is 16.3. The van der Waals surface area contributed by atoms with E-state index >= 15 is 0 Å². The first-order valence-electron chi connectivity index (χ1n) is 15.5. The number of carbonyl (C=O) groups excluding carboxylic acids is 5. The molecule has 4 rings (SSSR count). The van der Waals surface area contributed by atoms with Crippen molar-refractivity contribution in [1.29, 1.82) is 0 Å². The number of nitrogens with zero attached hydrogens (tertiary/aromatic N) is 2. The Bertz CT molecular complexity index is 1380. The van der Waals surface area contributed by atoms with E-state index in [1.165, 1.54) is 11.8 Å². The van der Waals surface area contributed by atoms with E-state index in [1.54, 1.807) is 11.3 Å². The van der Waals surface area contributed by atoms with Gasteiger partial charge in [-0.25, -0.2) is 4.98 Å². The zero-order valence-corrected chi connectivity index (χ0v) is 27.5. The van der Waals surface area contributed by atoms with E-state index in [0.717, 1.165) is 40.8 Å². The fourth-order valence-corrected chi connectivity index (χ4v) is 6.48. The highest BCUT2D eigenvalue weighted by atomic mass is 32.1. The van der Waals surface area contributed by atoms with Crippen LogP contribution < -0.4 is 10.6 Å². The molecule has 1 unspecified atom stereocenters. The third-order valence-corrected chi connectivity index (χ3v) is 9.23. The van der Waals surface area contributed by atoms with Gasteiger partial charge >= 0.3 is 5.97 Å². The third-order valence-electron chi connectivity index (χ3n) is 8.25. The van der Waals surface area contributed by atoms with Gasteiger partial charge in [0.05, 0.1) is 28.2 Å². The van der Waals surface area contributed by atoms with Crippen LogP contribution in [0.25, 0.3) is 10.4 Å². The van der Waals surface area contributed by atoms with Gasteiger partial charge in [0, 0.05) is 26.4 Å². The van der Waals surface area contributed by atoms with Gasteiger partial charge in [-0.05, 0) is 49.1 Å². The maximum absolute atomic E-state index is 14.1. The van der Waals surface area contributed by atoms with Crippen molar-refractivity contribution in [2.24, 2.45) is 5.41 Å². The largest absolute Gasteiger partial charge is 0.461 e. The molecule has 12 heteroatoms. The molecule has 0 radical (unpaired) electrons. The van der Waals surface area contributed by atoms with Crippen molar-refractivity contribution >= 4 is 41.3 Å². The molecular formula is C33H44N4O7S. The molecule has 1 saturated carbocycles. The van der Waals surface area contributed by atoms with Crippen LogP contribution in [0.3, 0.4) is 0 Å². The quantitative estimate of drug-likeness (QED) is 0.181. The lowest BCUT2D eigenvalue weighted by molar-refractivity contribution is -0.147. The number of aldehydes is 1. The maximum atomic E-state index is 14.1. The molecule has 2 N–H and O–H groups in total. The number of rotatable bonds is 14. The minimum atomic E-state index is -0.951. The van der Waals surface area contributed by atoms with Crippen molar-refractivity contribution in [3.05, 3.63) is 41.0 Å². The zero-order chi connectivity index (χ0) is 32.8. The van der Waals surface area contributed by atoms with Gasteiger partial charge in [0.15, 0.2) is 0 Å². The summed E-state index contributed by atoms with van der Waals surface area (Å²) in [5.41, 5.74) is 3.62. The summed E-state index contributed by atoms with van der Waals surface area (Å²) in [5.74, 6) is -1.69. The van der Waals surface area contributed by atoms with Gasteiger partial charge in [-0.2, -0.15) is 0 Å². The lowest BCUT2D eigenvalue weighted by Gasteiger charge is -2.35. The summed E-state index contributed by atoms with van der Waals surface area (Å²) in [4.78, 5) is 69.9. The Labute approximate surface area is 268 Å². The predicted molar refractivity (Wildman–Crippen MR) is 169 cm³/mol. The number of carbonyl (C=O) groups is 5. The highest BCUT2D eigenvalue weighted by molar-refractivity contribution is 7.13. The van der Waals surface area contributed by atoms with E-state index < -0.39 is 46.9 Å². The van der Waals surface area contributed by atoms with Crippen LogP contribution in [0.4, 0.5) is 0 Å². The van der Waals surface area contributed by atoms with Crippen molar-refractivity contribution in [3.63, 3.8) is 0 Å². The molecule has 1 aliphatic carbocycles. The van der Waals surface area contributed by atoms with E-state index in [-0.39, 0.29) is 25.5 Å². The number of aromatic nitrogens is 1. The minimum absolute atomic E-state index is 0.0437. The van der Waals surface area contributed by atoms with E-state index in [1.807, 2.05) is 57.5 Å². The SMILES string of the molecule is CC(=O)O[C@@H]1CC(C(=O)NC2(c3ccc(-c4scnc4C)cc3)CC2)N(C(=O)[C@@H](NC(=O)COCCCCC=O)C(C)(C)C)C1. The van der Waals surface area contributed by atoms with Crippen LogP contribution >= 0.6 is 11.3 Å². The number of hydrogen-bond donors (Lipinski definition) is 2. The monoisotopic (exact) mass is 640 g/mol. The molecule has 3 amide bonds. The average Bonchev–Trinajstić information content (AvgIpc) is 3.43. The second-order valence-corrected chi connectivity index (χ2v) is 13.8. The van der Waals surface area contributed by atoms with Crippen LogP contribution in [0.1, 0.15) is 77.5 Å². The molecule has 2 heterocycles. The first-order chi connectivity index (χ1) is 21.3. The fourth-order valence-electron chi connectivity index (χ4n) is 5.67. The second-order valence-electron chi connectivity index (χ2n) is 13.0. The highest BCUT2D eigenvalue weighted by Gasteiger charge is 2.50. The van der Waals surface area contributed by atoms with Gasteiger partial charge in [0.25, 0.3) is 0 Å². The minimum Gasteiger partial charge on any atom is -0.461 e. The highest BCUT2D eigenvalue weighted by Crippen LogP contribution is 2.46. The maximum Gasteiger partial charge on any atom is 0.302 e. The van der Waals surface area contributed by atoms with Crippen molar-refractivity contribution in [2.45, 2.75) is 96.9 Å². The van der Waals surface area contributed by atoms with Crippen molar-refractivity contribution in [2.75, 3.05) is 19.8 Å². The smallest absolute Gasteiger partial charge is 0.302 e. The fraction of sp³-hybridized carbons (Fsp3) is 0.576. The Kier molecular flexibility index (Phi) is 11.1. The van der Waals surface area contributed by atoms with Crippen LogP contribution in [0.15, 0.2) is 29.8 Å². The molecule has 1 aromatic heterocycles. The van der Waals surface area contributed by atoms with Crippen LogP contribution in [0.2, 0.25) is 0 Å². The zero-order valence-electron chi connectivity index (χ0n) is 26.7. The molecule has 0 bridgehead atoms. The summed E-state index contributed by atoms with van der Waals surface area (Å²) in [7, 11) is 0. The molecule has 1 aliphatic heterocycles. The van der Waals surface area contributed by atoms with Crippen molar-refractivity contribution in [3.8, 4) is 10.4 Å². The van der Waals surface area contributed by atoms with E-state index in [9.17, 15) is 24.0 Å². The van der Waals surface area contributed by atoms with Gasteiger partial charge in [-0.1, -0.05) is 45.0 Å². The number of esters is 1. The van der Waals surface area contributed by atoms with Crippen molar-refractivity contribution in [1.82, 2.24) is 20.5 Å². The number of ether oxygens (including phenoxy) is 2. The second kappa shape index (κ2) is 14.6. The molecule has 1 saturated heterocycles. The third kappa shape index (κ3) is 8.76. The number of amides is 3. The Morgan fingerprint density at radius 1 is 1.16 bits per heavy atom. The Morgan fingerprint density at radius 2 is 1.87 bits per heavy atom. The molecule has 3 atom stereocenters. The molecule has 2 aliphatic rings. The number of hydrogen-bond acceptors (Lipinski definition) is 9. The number of unbranched alkanes of at least 4 members (excludes halogenated alkanes) is 2. The molecule has 0 spiro atoms. The summed E-state index contributed by atoms with van der Waals surface area (Å²) >= 11 is 1.58. The number of likely N-dealkylation sites (tertiary alicyclic amines) is 1. The molecular weight excluding hydrogens is 596 g/mol. The molecule has 244 valence electrons. The lowest BCUT2D eigenvalue weighted by atomic mass is 9.85. The Balaban J connectivity index is 1.47. The van der Waals surface area contributed by atoms with Crippen LogP contribution in [-0.2, 0) is 39.0 Å².